The standard InChI is InChI=1S/C20H29ClN2O4S/c1-20(2,3)18(25)19(26)23-8-9-28(27)12-16(23)17(24)7-5-13-10-15(21)6-4-14(13)11-22/h4,6,10,16,18,25H,5,7-9,11-12,22H2,1-3H3/t16-,18-,28?/m0/s1. The zero-order valence-electron chi connectivity index (χ0n) is 16.6. The highest BCUT2D eigenvalue weighted by Gasteiger charge is 2.40. The number of benzene rings is 1. The van der Waals surface area contributed by atoms with E-state index in [4.69, 9.17) is 17.3 Å². The van der Waals surface area contributed by atoms with Crippen LogP contribution < -0.4 is 5.73 Å². The molecule has 156 valence electrons. The molecule has 1 aromatic carbocycles. The Hall–Kier alpha value is -1.28. The van der Waals surface area contributed by atoms with E-state index in [2.05, 4.69) is 0 Å². The highest BCUT2D eigenvalue weighted by atomic mass is 35.5. The van der Waals surface area contributed by atoms with Crippen LogP contribution in [0.1, 0.15) is 38.3 Å². The number of amides is 1. The Morgan fingerprint density at radius 2 is 2.04 bits per heavy atom. The van der Waals surface area contributed by atoms with Crippen LogP contribution in [0.15, 0.2) is 18.2 Å². The van der Waals surface area contributed by atoms with E-state index in [9.17, 15) is 18.9 Å². The maximum Gasteiger partial charge on any atom is 0.252 e. The molecule has 1 heterocycles. The van der Waals surface area contributed by atoms with Gasteiger partial charge in [0.25, 0.3) is 5.91 Å². The third kappa shape index (κ3) is 5.63. The van der Waals surface area contributed by atoms with E-state index in [1.807, 2.05) is 6.07 Å². The fourth-order valence-corrected chi connectivity index (χ4v) is 4.69. The van der Waals surface area contributed by atoms with Crippen molar-refractivity contribution in [3.05, 3.63) is 34.3 Å². The molecule has 1 fully saturated rings. The molecule has 1 aliphatic rings. The van der Waals surface area contributed by atoms with Crippen LogP contribution in [0.25, 0.3) is 0 Å². The van der Waals surface area contributed by atoms with E-state index in [1.54, 1.807) is 32.9 Å². The topological polar surface area (TPSA) is 101 Å². The summed E-state index contributed by atoms with van der Waals surface area (Å²) in [5, 5.41) is 10.9. The Kier molecular flexibility index (Phi) is 7.79. The summed E-state index contributed by atoms with van der Waals surface area (Å²) in [6.45, 7) is 5.85. The highest BCUT2D eigenvalue weighted by molar-refractivity contribution is 7.85. The average molecular weight is 429 g/mol. The Morgan fingerprint density at radius 1 is 1.36 bits per heavy atom. The van der Waals surface area contributed by atoms with Gasteiger partial charge in [-0.05, 0) is 35.1 Å². The minimum absolute atomic E-state index is 0.112. The van der Waals surface area contributed by atoms with Gasteiger partial charge in [0.1, 0.15) is 12.1 Å². The molecule has 2 rings (SSSR count). The van der Waals surface area contributed by atoms with E-state index >= 15 is 0 Å². The first-order valence-electron chi connectivity index (χ1n) is 9.38. The maximum absolute atomic E-state index is 12.9. The number of hydrogen-bond acceptors (Lipinski definition) is 5. The van der Waals surface area contributed by atoms with Crippen LogP contribution in [0.3, 0.4) is 0 Å². The van der Waals surface area contributed by atoms with Crippen LogP contribution in [0.2, 0.25) is 5.02 Å². The summed E-state index contributed by atoms with van der Waals surface area (Å²) in [4.78, 5) is 27.1. The van der Waals surface area contributed by atoms with Gasteiger partial charge >= 0.3 is 0 Å². The molecular formula is C20H29ClN2O4S. The van der Waals surface area contributed by atoms with Crippen molar-refractivity contribution in [3.63, 3.8) is 0 Å². The van der Waals surface area contributed by atoms with Crippen LogP contribution >= 0.6 is 11.6 Å². The molecule has 28 heavy (non-hydrogen) atoms. The smallest absolute Gasteiger partial charge is 0.252 e. The van der Waals surface area contributed by atoms with Gasteiger partial charge < -0.3 is 15.7 Å². The second kappa shape index (κ2) is 9.48. The molecule has 1 unspecified atom stereocenters. The zero-order valence-corrected chi connectivity index (χ0v) is 18.2. The molecule has 3 N–H and O–H groups in total. The molecule has 1 saturated heterocycles. The largest absolute Gasteiger partial charge is 0.383 e. The van der Waals surface area contributed by atoms with Gasteiger partial charge in [-0.3, -0.25) is 13.8 Å². The van der Waals surface area contributed by atoms with Crippen LogP contribution in [0.4, 0.5) is 0 Å². The summed E-state index contributed by atoms with van der Waals surface area (Å²) < 4.78 is 12.1. The number of nitrogens with two attached hydrogens (primary N) is 1. The lowest BCUT2D eigenvalue weighted by Crippen LogP contribution is -2.57. The van der Waals surface area contributed by atoms with Gasteiger partial charge in [0, 0.05) is 41.1 Å². The summed E-state index contributed by atoms with van der Waals surface area (Å²) in [5.41, 5.74) is 6.93. The van der Waals surface area contributed by atoms with Crippen molar-refractivity contribution in [2.45, 2.75) is 52.3 Å². The Labute approximate surface area is 173 Å². The summed E-state index contributed by atoms with van der Waals surface area (Å²) in [7, 11) is -1.16. The quantitative estimate of drug-likeness (QED) is 0.717. The van der Waals surface area contributed by atoms with E-state index < -0.39 is 34.3 Å². The van der Waals surface area contributed by atoms with Crippen molar-refractivity contribution in [1.29, 1.82) is 0 Å². The lowest BCUT2D eigenvalue weighted by Gasteiger charge is -2.38. The lowest BCUT2D eigenvalue weighted by atomic mass is 9.88. The van der Waals surface area contributed by atoms with Crippen molar-refractivity contribution in [1.82, 2.24) is 4.90 Å². The Bertz CT molecular complexity index is 763. The molecule has 0 radical (unpaired) electrons. The number of carbonyl (C=O) groups is 2. The third-order valence-corrected chi connectivity index (χ3v) is 6.58. The van der Waals surface area contributed by atoms with Crippen LogP contribution in [0, 0.1) is 5.41 Å². The van der Waals surface area contributed by atoms with Crippen molar-refractivity contribution in [2.75, 3.05) is 18.1 Å². The first kappa shape index (κ1) is 23.0. The van der Waals surface area contributed by atoms with Crippen molar-refractivity contribution < 1.29 is 18.9 Å². The number of Topliss-reactive ketones (excluding diaryl/α,β-unsaturated/α-hetero) is 1. The van der Waals surface area contributed by atoms with E-state index in [0.717, 1.165) is 11.1 Å². The Balaban J connectivity index is 2.15. The predicted octanol–water partition coefficient (Wildman–Crippen LogP) is 1.67. The molecular weight excluding hydrogens is 400 g/mol. The van der Waals surface area contributed by atoms with Gasteiger partial charge in [-0.15, -0.1) is 0 Å². The molecule has 0 aromatic heterocycles. The van der Waals surface area contributed by atoms with Crippen molar-refractivity contribution in [2.24, 2.45) is 11.1 Å². The molecule has 0 saturated carbocycles. The SMILES string of the molecule is CC(C)(C)[C@@H](O)C(=O)N1CCS(=O)C[C@H]1C(=O)CCc1cc(Cl)ccc1CN. The van der Waals surface area contributed by atoms with E-state index in [1.165, 1.54) is 4.90 Å². The Morgan fingerprint density at radius 3 is 2.64 bits per heavy atom. The first-order chi connectivity index (χ1) is 13.0. The van der Waals surface area contributed by atoms with Crippen LogP contribution in [-0.2, 0) is 33.4 Å². The number of nitrogens with zero attached hydrogens (tertiary/aromatic N) is 1. The highest BCUT2D eigenvalue weighted by Crippen LogP contribution is 2.24. The van der Waals surface area contributed by atoms with Gasteiger partial charge in [-0.2, -0.15) is 0 Å². The molecule has 0 bridgehead atoms. The summed E-state index contributed by atoms with van der Waals surface area (Å²) in [6, 6.07) is 4.61. The second-order valence-electron chi connectivity index (χ2n) is 8.21. The van der Waals surface area contributed by atoms with Gasteiger partial charge in [0.15, 0.2) is 5.78 Å². The lowest BCUT2D eigenvalue weighted by molar-refractivity contribution is -0.150. The van der Waals surface area contributed by atoms with Crippen LogP contribution in [-0.4, -0.2) is 56.1 Å². The van der Waals surface area contributed by atoms with E-state index in [-0.39, 0.29) is 24.5 Å². The minimum Gasteiger partial charge on any atom is -0.383 e. The molecule has 1 aromatic rings. The number of rotatable bonds is 6. The normalized spacial score (nSPS) is 21.4. The third-order valence-electron chi connectivity index (χ3n) is 5.02. The van der Waals surface area contributed by atoms with Crippen LogP contribution in [0.5, 0.6) is 0 Å². The molecule has 1 amide bonds. The average Bonchev–Trinajstić information content (AvgIpc) is 2.64. The number of ketones is 1. The molecule has 6 nitrogen and oxygen atoms in total. The first-order valence-corrected chi connectivity index (χ1v) is 11.2. The molecule has 8 heteroatoms. The molecule has 3 atom stereocenters. The molecule has 0 aliphatic carbocycles. The fraction of sp³-hybridized carbons (Fsp3) is 0.600. The number of aryl methyl sites for hydroxylation is 1. The minimum atomic E-state index is -1.22. The number of hydrogen-bond donors (Lipinski definition) is 2. The van der Waals surface area contributed by atoms with Gasteiger partial charge in [-0.1, -0.05) is 38.4 Å². The monoisotopic (exact) mass is 428 g/mol. The number of carbonyl (C=O) groups excluding carboxylic acids is 2. The molecule has 0 spiro atoms. The predicted molar refractivity (Wildman–Crippen MR) is 112 cm³/mol. The van der Waals surface area contributed by atoms with Crippen molar-refractivity contribution >= 4 is 34.1 Å². The summed E-state index contributed by atoms with van der Waals surface area (Å²) in [5.74, 6) is -0.211. The molecule has 1 aliphatic heterocycles. The van der Waals surface area contributed by atoms with Crippen molar-refractivity contribution in [3.8, 4) is 0 Å². The number of halogens is 1. The summed E-state index contributed by atoms with van der Waals surface area (Å²) >= 11 is 6.05. The van der Waals surface area contributed by atoms with Gasteiger partial charge in [0.05, 0.1) is 5.75 Å². The summed E-state index contributed by atoms with van der Waals surface area (Å²) in [6.07, 6.45) is -0.588. The second-order valence-corrected chi connectivity index (χ2v) is 10.3. The maximum atomic E-state index is 12.9. The number of aliphatic hydroxyl groups excluding tert-OH is 1. The fourth-order valence-electron chi connectivity index (χ4n) is 3.21. The zero-order chi connectivity index (χ0) is 21.1. The number of aliphatic hydroxyl groups is 1. The van der Waals surface area contributed by atoms with E-state index in [0.29, 0.717) is 23.7 Å². The van der Waals surface area contributed by atoms with Gasteiger partial charge in [-0.25, -0.2) is 0 Å². The van der Waals surface area contributed by atoms with Gasteiger partial charge in [0.2, 0.25) is 0 Å².